The van der Waals surface area contributed by atoms with E-state index in [1.54, 1.807) is 0 Å². The molecule has 1 saturated heterocycles. The summed E-state index contributed by atoms with van der Waals surface area (Å²) in [5.74, 6) is -0.927. The van der Waals surface area contributed by atoms with E-state index in [-0.39, 0.29) is 28.2 Å². The van der Waals surface area contributed by atoms with E-state index in [0.717, 1.165) is 51.4 Å². The topological polar surface area (TPSA) is 102 Å². The molecule has 9 heteroatoms. The van der Waals surface area contributed by atoms with Crippen molar-refractivity contribution in [2.45, 2.75) is 81.6 Å². The van der Waals surface area contributed by atoms with Gasteiger partial charge in [-0.1, -0.05) is 44.9 Å². The maximum Gasteiger partial charge on any atom is 0.342 e. The fraction of sp³-hybridized carbons (Fsp3) is 0.667. The van der Waals surface area contributed by atoms with Gasteiger partial charge in [-0.2, -0.15) is 4.31 Å². The van der Waals surface area contributed by atoms with Crippen molar-refractivity contribution in [3.05, 3.63) is 23.8 Å². The number of carbonyl (C=O) groups excluding carboxylic acids is 2. The molecule has 3 rings (SSSR count). The molecule has 33 heavy (non-hydrogen) atoms. The summed E-state index contributed by atoms with van der Waals surface area (Å²) in [7, 11) is -2.33. The van der Waals surface area contributed by atoms with Gasteiger partial charge in [-0.15, -0.1) is 0 Å². The Hall–Kier alpha value is -2.13. The molecule has 1 N–H and O–H groups in total. The molecule has 2 fully saturated rings. The van der Waals surface area contributed by atoms with Gasteiger partial charge in [0.2, 0.25) is 10.0 Å². The average Bonchev–Trinajstić information content (AvgIpc) is 3.09. The van der Waals surface area contributed by atoms with E-state index in [9.17, 15) is 18.0 Å². The Morgan fingerprint density at radius 2 is 1.58 bits per heavy atom. The summed E-state index contributed by atoms with van der Waals surface area (Å²) in [5.41, 5.74) is -0.00727. The smallest absolute Gasteiger partial charge is 0.342 e. The molecule has 1 aliphatic carbocycles. The number of benzene rings is 1. The highest BCUT2D eigenvalue weighted by Gasteiger charge is 2.27. The van der Waals surface area contributed by atoms with Crippen molar-refractivity contribution in [1.82, 2.24) is 9.62 Å². The van der Waals surface area contributed by atoms with Gasteiger partial charge < -0.3 is 14.8 Å². The normalized spacial score (nSPS) is 19.1. The quantitative estimate of drug-likeness (QED) is 0.598. The number of hydrogen-bond donors (Lipinski definition) is 1. The van der Waals surface area contributed by atoms with Crippen LogP contribution in [0.1, 0.15) is 81.0 Å². The minimum atomic E-state index is -3.73. The van der Waals surface area contributed by atoms with Crippen molar-refractivity contribution in [1.29, 1.82) is 0 Å². The molecule has 0 unspecified atom stereocenters. The highest BCUT2D eigenvalue weighted by Crippen LogP contribution is 2.27. The Kier molecular flexibility index (Phi) is 9.55. The zero-order chi connectivity index (χ0) is 23.7. The van der Waals surface area contributed by atoms with Gasteiger partial charge in [0, 0.05) is 19.1 Å². The fourth-order valence-corrected chi connectivity index (χ4v) is 6.06. The molecular weight excluding hydrogens is 444 g/mol. The van der Waals surface area contributed by atoms with E-state index in [2.05, 4.69) is 5.32 Å². The molecule has 1 saturated carbocycles. The Balaban J connectivity index is 1.65. The van der Waals surface area contributed by atoms with Gasteiger partial charge in [0.05, 0.1) is 12.0 Å². The summed E-state index contributed by atoms with van der Waals surface area (Å²) in [6.45, 7) is 0.520. The van der Waals surface area contributed by atoms with E-state index in [1.807, 2.05) is 0 Å². The lowest BCUT2D eigenvalue weighted by Gasteiger charge is -2.21. The van der Waals surface area contributed by atoms with Gasteiger partial charge in [0.25, 0.3) is 5.91 Å². The van der Waals surface area contributed by atoms with E-state index in [0.29, 0.717) is 13.1 Å². The second-order valence-corrected chi connectivity index (χ2v) is 10.8. The lowest BCUT2D eigenvalue weighted by atomic mass is 9.97. The van der Waals surface area contributed by atoms with Crippen molar-refractivity contribution in [3.63, 3.8) is 0 Å². The van der Waals surface area contributed by atoms with Crippen LogP contribution >= 0.6 is 0 Å². The van der Waals surface area contributed by atoms with Gasteiger partial charge in [-0.3, -0.25) is 4.79 Å². The lowest BCUT2D eigenvalue weighted by molar-refractivity contribution is -0.125. The monoisotopic (exact) mass is 480 g/mol. The molecule has 0 radical (unpaired) electrons. The highest BCUT2D eigenvalue weighted by atomic mass is 32.2. The van der Waals surface area contributed by atoms with Crippen LogP contribution in [-0.2, 0) is 19.6 Å². The summed E-state index contributed by atoms with van der Waals surface area (Å²) in [6.07, 6.45) is 11.3. The maximum absolute atomic E-state index is 13.1. The molecule has 1 amide bonds. The minimum Gasteiger partial charge on any atom is -0.496 e. The number of methoxy groups -OCH3 is 1. The van der Waals surface area contributed by atoms with E-state index >= 15 is 0 Å². The SMILES string of the molecule is COc1ccc(S(=O)(=O)N2CCCCCC2)cc1C(=O)OCC(=O)NC1CCCCCCC1. The first-order chi connectivity index (χ1) is 15.9. The molecule has 0 aromatic heterocycles. The molecule has 2 aliphatic rings. The van der Waals surface area contributed by atoms with Crippen molar-refractivity contribution in [2.75, 3.05) is 26.8 Å². The molecule has 0 bridgehead atoms. The molecule has 1 aromatic rings. The number of rotatable bonds is 7. The molecular formula is C24H36N2O6S. The predicted molar refractivity (Wildman–Crippen MR) is 125 cm³/mol. The number of ether oxygens (including phenoxy) is 2. The van der Waals surface area contributed by atoms with Crippen LogP contribution in [0.15, 0.2) is 23.1 Å². The highest BCUT2D eigenvalue weighted by molar-refractivity contribution is 7.89. The fourth-order valence-electron chi connectivity index (χ4n) is 4.52. The van der Waals surface area contributed by atoms with Crippen LogP contribution in [0.4, 0.5) is 0 Å². The summed E-state index contributed by atoms with van der Waals surface area (Å²) >= 11 is 0. The van der Waals surface area contributed by atoms with Crippen molar-refractivity contribution in [3.8, 4) is 5.75 Å². The first-order valence-corrected chi connectivity index (χ1v) is 13.5. The van der Waals surface area contributed by atoms with Gasteiger partial charge >= 0.3 is 5.97 Å². The Bertz CT molecular complexity index is 902. The van der Waals surface area contributed by atoms with Crippen molar-refractivity contribution >= 4 is 21.9 Å². The molecule has 184 valence electrons. The third kappa shape index (κ3) is 7.17. The first-order valence-electron chi connectivity index (χ1n) is 12.1. The first kappa shape index (κ1) is 25.5. The molecule has 1 aromatic carbocycles. The summed E-state index contributed by atoms with van der Waals surface area (Å²) in [4.78, 5) is 25.1. The number of sulfonamides is 1. The Labute approximate surface area is 197 Å². The zero-order valence-corrected chi connectivity index (χ0v) is 20.3. The molecule has 1 heterocycles. The van der Waals surface area contributed by atoms with Crippen LogP contribution in [0, 0.1) is 0 Å². The third-order valence-corrected chi connectivity index (χ3v) is 8.29. The number of hydrogen-bond acceptors (Lipinski definition) is 6. The molecule has 1 aliphatic heterocycles. The standard InChI is InChI=1S/C24H36N2O6S/c1-31-22-14-13-20(33(29,30)26-15-9-5-6-10-16-26)17-21(22)24(28)32-18-23(27)25-19-11-7-3-2-4-8-12-19/h13-14,17,19H,2-12,15-16,18H2,1H3,(H,25,27). The van der Waals surface area contributed by atoms with Gasteiger partial charge in [-0.05, 0) is 43.9 Å². The van der Waals surface area contributed by atoms with Crippen LogP contribution < -0.4 is 10.1 Å². The maximum atomic E-state index is 13.1. The third-order valence-electron chi connectivity index (χ3n) is 6.40. The van der Waals surface area contributed by atoms with Crippen LogP contribution in [0.2, 0.25) is 0 Å². The van der Waals surface area contributed by atoms with Crippen LogP contribution in [-0.4, -0.2) is 57.4 Å². The van der Waals surface area contributed by atoms with E-state index < -0.39 is 22.6 Å². The number of esters is 1. The van der Waals surface area contributed by atoms with Gasteiger partial charge in [-0.25, -0.2) is 13.2 Å². The second kappa shape index (κ2) is 12.4. The van der Waals surface area contributed by atoms with Crippen molar-refractivity contribution in [2.24, 2.45) is 0 Å². The number of nitrogens with one attached hydrogen (secondary N) is 1. The minimum absolute atomic E-state index is 0.00727. The van der Waals surface area contributed by atoms with Crippen LogP contribution in [0.3, 0.4) is 0 Å². The van der Waals surface area contributed by atoms with Crippen LogP contribution in [0.5, 0.6) is 5.75 Å². The summed E-state index contributed by atoms with van der Waals surface area (Å²) < 4.78 is 38.2. The van der Waals surface area contributed by atoms with Gasteiger partial charge in [0.1, 0.15) is 11.3 Å². The summed E-state index contributed by atoms with van der Waals surface area (Å²) in [5, 5.41) is 2.96. The van der Waals surface area contributed by atoms with E-state index in [1.165, 1.54) is 48.9 Å². The predicted octanol–water partition coefficient (Wildman–Crippen LogP) is 3.65. The molecule has 0 atom stereocenters. The number of nitrogens with zero attached hydrogens (tertiary/aromatic N) is 1. The number of carbonyl (C=O) groups is 2. The second-order valence-electron chi connectivity index (χ2n) is 8.87. The van der Waals surface area contributed by atoms with Gasteiger partial charge in [0.15, 0.2) is 6.61 Å². The summed E-state index contributed by atoms with van der Waals surface area (Å²) in [6, 6.07) is 4.29. The van der Waals surface area contributed by atoms with Crippen LogP contribution in [0.25, 0.3) is 0 Å². The Morgan fingerprint density at radius 1 is 0.970 bits per heavy atom. The average molecular weight is 481 g/mol. The number of amides is 1. The largest absolute Gasteiger partial charge is 0.496 e. The van der Waals surface area contributed by atoms with Crippen molar-refractivity contribution < 1.29 is 27.5 Å². The van der Waals surface area contributed by atoms with E-state index in [4.69, 9.17) is 9.47 Å². The zero-order valence-electron chi connectivity index (χ0n) is 19.5. The molecule has 8 nitrogen and oxygen atoms in total. The molecule has 0 spiro atoms. The lowest BCUT2D eigenvalue weighted by Crippen LogP contribution is -2.38. The Morgan fingerprint density at radius 3 is 2.21 bits per heavy atom.